The van der Waals surface area contributed by atoms with Crippen LogP contribution >= 0.6 is 0 Å². The van der Waals surface area contributed by atoms with E-state index in [0.29, 0.717) is 0 Å². The number of aryl methyl sites for hydroxylation is 1. The second-order valence-corrected chi connectivity index (χ2v) is 3.44. The molecule has 15 heavy (non-hydrogen) atoms. The second-order valence-electron chi connectivity index (χ2n) is 3.44. The molecule has 0 unspecified atom stereocenters. The monoisotopic (exact) mass is 203 g/mol. The van der Waals surface area contributed by atoms with Crippen LogP contribution in [-0.4, -0.2) is 17.8 Å². The summed E-state index contributed by atoms with van der Waals surface area (Å²) in [6, 6.07) is 7.49. The molecule has 0 radical (unpaired) electrons. The first-order chi connectivity index (χ1) is 7.08. The lowest BCUT2D eigenvalue weighted by molar-refractivity contribution is -0.122. The highest BCUT2D eigenvalue weighted by molar-refractivity contribution is 6.32. The molecule has 0 atom stereocenters. The maximum Gasteiger partial charge on any atom is 0.181 e. The summed E-state index contributed by atoms with van der Waals surface area (Å²) < 4.78 is 0. The van der Waals surface area contributed by atoms with E-state index < -0.39 is 0 Å². The van der Waals surface area contributed by atoms with Crippen LogP contribution in [0.25, 0.3) is 0 Å². The van der Waals surface area contributed by atoms with Gasteiger partial charge in [0.15, 0.2) is 5.78 Å². The molecule has 0 heterocycles. The predicted octanol–water partition coefficient (Wildman–Crippen LogP) is 2.25. The standard InChI is InChI=1S/C12H13NO2/c1-9-3-5-11(6-4-9)13-8-12(15)7-10(2)14/h3-6,8H,7H2,1-2H3. The van der Waals surface area contributed by atoms with E-state index in [-0.39, 0.29) is 18.0 Å². The Labute approximate surface area is 88.8 Å². The van der Waals surface area contributed by atoms with E-state index in [2.05, 4.69) is 4.99 Å². The Morgan fingerprint density at radius 2 is 1.87 bits per heavy atom. The van der Waals surface area contributed by atoms with Crippen molar-refractivity contribution >= 4 is 23.5 Å². The van der Waals surface area contributed by atoms with Crippen molar-refractivity contribution < 1.29 is 9.59 Å². The number of ketones is 2. The van der Waals surface area contributed by atoms with Crippen LogP contribution in [0.2, 0.25) is 0 Å². The largest absolute Gasteiger partial charge is 0.300 e. The minimum atomic E-state index is -0.261. The molecule has 0 aromatic heterocycles. The second kappa shape index (κ2) is 5.20. The Hall–Kier alpha value is -1.77. The van der Waals surface area contributed by atoms with Gasteiger partial charge < -0.3 is 0 Å². The summed E-state index contributed by atoms with van der Waals surface area (Å²) in [6.07, 6.45) is 1.13. The lowest BCUT2D eigenvalue weighted by Gasteiger charge is -1.94. The van der Waals surface area contributed by atoms with Gasteiger partial charge in [0.1, 0.15) is 5.78 Å². The minimum Gasteiger partial charge on any atom is -0.300 e. The molecule has 3 heteroatoms. The maximum atomic E-state index is 11.1. The van der Waals surface area contributed by atoms with Crippen LogP contribution in [0, 0.1) is 6.92 Å². The lowest BCUT2D eigenvalue weighted by atomic mass is 10.2. The molecular formula is C12H13NO2. The smallest absolute Gasteiger partial charge is 0.181 e. The number of nitrogens with zero attached hydrogens (tertiary/aromatic N) is 1. The maximum absolute atomic E-state index is 11.1. The quantitative estimate of drug-likeness (QED) is 0.556. The van der Waals surface area contributed by atoms with E-state index in [1.807, 2.05) is 31.2 Å². The summed E-state index contributed by atoms with van der Waals surface area (Å²) in [5.74, 6) is -0.404. The number of aliphatic imine (C=N–C) groups is 1. The summed E-state index contributed by atoms with van der Waals surface area (Å²) in [7, 11) is 0. The molecule has 1 aromatic carbocycles. The van der Waals surface area contributed by atoms with Gasteiger partial charge in [-0.1, -0.05) is 17.7 Å². The molecule has 3 nitrogen and oxygen atoms in total. The molecular weight excluding hydrogens is 190 g/mol. The van der Waals surface area contributed by atoms with Crippen LogP contribution in [0.5, 0.6) is 0 Å². The van der Waals surface area contributed by atoms with Gasteiger partial charge in [-0.05, 0) is 26.0 Å². The lowest BCUT2D eigenvalue weighted by Crippen LogP contribution is -2.04. The van der Waals surface area contributed by atoms with E-state index in [1.54, 1.807) is 0 Å². The number of benzene rings is 1. The van der Waals surface area contributed by atoms with Gasteiger partial charge in [0.2, 0.25) is 0 Å². The third kappa shape index (κ3) is 4.31. The van der Waals surface area contributed by atoms with E-state index in [1.165, 1.54) is 13.1 Å². The molecule has 1 rings (SSSR count). The van der Waals surface area contributed by atoms with E-state index in [0.717, 1.165) is 11.3 Å². The van der Waals surface area contributed by atoms with Crippen molar-refractivity contribution in [3.05, 3.63) is 29.8 Å². The molecule has 0 bridgehead atoms. The van der Waals surface area contributed by atoms with Crippen molar-refractivity contribution in [1.29, 1.82) is 0 Å². The third-order valence-corrected chi connectivity index (χ3v) is 1.81. The van der Waals surface area contributed by atoms with Gasteiger partial charge in [-0.3, -0.25) is 14.6 Å². The number of hydrogen-bond donors (Lipinski definition) is 0. The zero-order valence-electron chi connectivity index (χ0n) is 8.86. The first kappa shape index (κ1) is 11.3. The number of carbonyl (C=O) groups is 2. The number of Topliss-reactive ketones (excluding diaryl/α,β-unsaturated/α-hetero) is 2. The molecule has 0 saturated carbocycles. The van der Waals surface area contributed by atoms with Gasteiger partial charge in [0, 0.05) is 0 Å². The van der Waals surface area contributed by atoms with Crippen molar-refractivity contribution in [3.63, 3.8) is 0 Å². The molecule has 0 aliphatic rings. The van der Waals surface area contributed by atoms with Crippen molar-refractivity contribution in [3.8, 4) is 0 Å². The van der Waals surface area contributed by atoms with Crippen LogP contribution < -0.4 is 0 Å². The highest BCUT2D eigenvalue weighted by Crippen LogP contribution is 2.11. The molecule has 1 aromatic rings. The summed E-state index contributed by atoms with van der Waals surface area (Å²) >= 11 is 0. The summed E-state index contributed by atoms with van der Waals surface area (Å²) in [5, 5.41) is 0. The summed E-state index contributed by atoms with van der Waals surface area (Å²) in [5.41, 5.74) is 1.86. The summed E-state index contributed by atoms with van der Waals surface area (Å²) in [4.78, 5) is 25.7. The molecule has 0 aliphatic heterocycles. The molecule has 78 valence electrons. The molecule has 0 fully saturated rings. The Morgan fingerprint density at radius 1 is 1.27 bits per heavy atom. The topological polar surface area (TPSA) is 46.5 Å². The van der Waals surface area contributed by atoms with Crippen LogP contribution in [-0.2, 0) is 9.59 Å². The zero-order valence-corrected chi connectivity index (χ0v) is 8.86. The normalized spacial score (nSPS) is 10.5. The number of carbonyl (C=O) groups excluding carboxylic acids is 2. The van der Waals surface area contributed by atoms with E-state index >= 15 is 0 Å². The van der Waals surface area contributed by atoms with Crippen molar-refractivity contribution in [1.82, 2.24) is 0 Å². The molecule has 0 aliphatic carbocycles. The predicted molar refractivity (Wildman–Crippen MR) is 59.6 cm³/mol. The SMILES string of the molecule is CC(=O)CC(=O)C=Nc1ccc(C)cc1. The van der Waals surface area contributed by atoms with Crippen molar-refractivity contribution in [2.24, 2.45) is 4.99 Å². The van der Waals surface area contributed by atoms with Crippen LogP contribution in [0.1, 0.15) is 18.9 Å². The van der Waals surface area contributed by atoms with Crippen molar-refractivity contribution in [2.45, 2.75) is 20.3 Å². The number of hydrogen-bond acceptors (Lipinski definition) is 3. The van der Waals surface area contributed by atoms with Gasteiger partial charge in [-0.15, -0.1) is 0 Å². The van der Waals surface area contributed by atoms with Crippen LogP contribution in [0.3, 0.4) is 0 Å². The fourth-order valence-electron chi connectivity index (χ4n) is 1.07. The Balaban J connectivity index is 2.61. The van der Waals surface area contributed by atoms with Crippen LogP contribution in [0.15, 0.2) is 29.3 Å². The highest BCUT2D eigenvalue weighted by Gasteiger charge is 2.00. The van der Waals surface area contributed by atoms with Crippen molar-refractivity contribution in [2.75, 3.05) is 0 Å². The highest BCUT2D eigenvalue weighted by atomic mass is 16.1. The summed E-state index contributed by atoms with van der Waals surface area (Å²) in [6.45, 7) is 3.37. The minimum absolute atomic E-state index is 0.0740. The Kier molecular flexibility index (Phi) is 3.92. The van der Waals surface area contributed by atoms with E-state index in [4.69, 9.17) is 0 Å². The first-order valence-corrected chi connectivity index (χ1v) is 4.71. The fourth-order valence-corrected chi connectivity index (χ4v) is 1.07. The van der Waals surface area contributed by atoms with E-state index in [9.17, 15) is 9.59 Å². The third-order valence-electron chi connectivity index (χ3n) is 1.81. The van der Waals surface area contributed by atoms with Gasteiger partial charge in [0.05, 0.1) is 18.3 Å². The van der Waals surface area contributed by atoms with Gasteiger partial charge >= 0.3 is 0 Å². The zero-order chi connectivity index (χ0) is 11.3. The van der Waals surface area contributed by atoms with Crippen LogP contribution in [0.4, 0.5) is 5.69 Å². The number of rotatable bonds is 4. The Morgan fingerprint density at radius 3 is 2.40 bits per heavy atom. The fraction of sp³-hybridized carbons (Fsp3) is 0.250. The average Bonchev–Trinajstić information content (AvgIpc) is 2.16. The van der Waals surface area contributed by atoms with Gasteiger partial charge in [-0.25, -0.2) is 0 Å². The first-order valence-electron chi connectivity index (χ1n) is 4.71. The molecule has 0 N–H and O–H groups in total. The van der Waals surface area contributed by atoms with Gasteiger partial charge in [0.25, 0.3) is 0 Å². The molecule has 0 spiro atoms. The van der Waals surface area contributed by atoms with Gasteiger partial charge in [-0.2, -0.15) is 0 Å². The molecule has 0 saturated heterocycles. The molecule has 0 amide bonds. The Bertz CT molecular complexity index is 391. The average molecular weight is 203 g/mol.